The molecule has 0 aliphatic carbocycles. The largest absolute Gasteiger partial charge is 0.460 e. The Morgan fingerprint density at radius 3 is 1.79 bits per heavy atom. The minimum atomic E-state index is -1.93. The van der Waals surface area contributed by atoms with Crippen molar-refractivity contribution in [3.05, 3.63) is 0 Å². The van der Waals surface area contributed by atoms with E-state index in [1.54, 1.807) is 0 Å². The maximum absolute atomic E-state index is 11.9. The third kappa shape index (κ3) is 24.7. The topological polar surface area (TPSA) is 68.2 Å². The number of esters is 1. The molecule has 0 amide bonds. The molecule has 0 aliphatic rings. The summed E-state index contributed by atoms with van der Waals surface area (Å²) >= 11 is 0. The van der Waals surface area contributed by atoms with Crippen LogP contribution in [0.5, 0.6) is 0 Å². The van der Waals surface area contributed by atoms with Gasteiger partial charge in [-0.1, -0.05) is 97.3 Å². The minimum Gasteiger partial charge on any atom is -0.460 e. The molecule has 1 N–H and O–H groups in total. The van der Waals surface area contributed by atoms with Crippen LogP contribution in [-0.4, -0.2) is 55.7 Å². The van der Waals surface area contributed by atoms with E-state index in [4.69, 9.17) is 13.8 Å². The first kappa shape index (κ1) is 32.7. The van der Waals surface area contributed by atoms with Gasteiger partial charge in [0.1, 0.15) is 6.10 Å². The Balaban J connectivity index is 3.83. The molecular formula is C26H54NO5P. The summed E-state index contributed by atoms with van der Waals surface area (Å²) in [5, 5.41) is 0. The SMILES string of the molecule is CCCCCCCCCCCCCCCCC(COP(O)OCCN(C)C)OC(=O)CCC. The van der Waals surface area contributed by atoms with Crippen LogP contribution in [0.15, 0.2) is 0 Å². The zero-order chi connectivity index (χ0) is 24.6. The normalized spacial score (nSPS) is 13.4. The lowest BCUT2D eigenvalue weighted by molar-refractivity contribution is -0.151. The van der Waals surface area contributed by atoms with Crippen molar-refractivity contribution in [2.45, 2.75) is 129 Å². The minimum absolute atomic E-state index is 0.188. The van der Waals surface area contributed by atoms with E-state index in [0.29, 0.717) is 13.0 Å². The van der Waals surface area contributed by atoms with Gasteiger partial charge in [0.15, 0.2) is 0 Å². The zero-order valence-corrected chi connectivity index (χ0v) is 23.1. The second-order valence-corrected chi connectivity index (χ2v) is 10.4. The number of hydrogen-bond donors (Lipinski definition) is 1. The van der Waals surface area contributed by atoms with Gasteiger partial charge in [0.05, 0.1) is 13.2 Å². The van der Waals surface area contributed by atoms with Crippen LogP contribution in [0.2, 0.25) is 0 Å². The lowest BCUT2D eigenvalue weighted by atomic mass is 10.0. The van der Waals surface area contributed by atoms with Gasteiger partial charge in [-0.25, -0.2) is 0 Å². The van der Waals surface area contributed by atoms with Crippen molar-refractivity contribution in [1.82, 2.24) is 4.90 Å². The predicted octanol–water partition coefficient (Wildman–Crippen LogP) is 7.38. The number of rotatable bonds is 25. The fourth-order valence-electron chi connectivity index (χ4n) is 3.68. The molecule has 0 radical (unpaired) electrons. The molecule has 0 spiro atoms. The smallest absolute Gasteiger partial charge is 0.330 e. The molecule has 6 nitrogen and oxygen atoms in total. The van der Waals surface area contributed by atoms with Crippen LogP contribution in [-0.2, 0) is 18.6 Å². The Hall–Kier alpha value is -0.260. The first-order valence-corrected chi connectivity index (χ1v) is 14.7. The van der Waals surface area contributed by atoms with Crippen molar-refractivity contribution >= 4 is 14.6 Å². The number of ether oxygens (including phenoxy) is 1. The molecule has 0 saturated heterocycles. The molecule has 33 heavy (non-hydrogen) atoms. The van der Waals surface area contributed by atoms with E-state index in [9.17, 15) is 9.69 Å². The molecule has 0 aromatic heterocycles. The van der Waals surface area contributed by atoms with Gasteiger partial charge in [-0.05, 0) is 33.4 Å². The molecule has 0 rings (SSSR count). The standard InChI is InChI=1S/C26H54NO5P/c1-5-7-8-9-10-11-12-13-14-15-16-17-18-19-21-25(32-26(28)20-6-2)24-31-33(29)30-23-22-27(3)4/h25,29H,5-24H2,1-4H3. The monoisotopic (exact) mass is 491 g/mol. The summed E-state index contributed by atoms with van der Waals surface area (Å²) in [5.74, 6) is -0.188. The van der Waals surface area contributed by atoms with E-state index in [1.165, 1.54) is 77.0 Å². The molecular weight excluding hydrogens is 437 g/mol. The molecule has 0 bridgehead atoms. The fourth-order valence-corrected chi connectivity index (χ4v) is 4.28. The highest BCUT2D eigenvalue weighted by Crippen LogP contribution is 2.33. The zero-order valence-electron chi connectivity index (χ0n) is 22.2. The highest BCUT2D eigenvalue weighted by molar-refractivity contribution is 7.40. The molecule has 0 saturated carbocycles. The second kappa shape index (κ2) is 24.9. The first-order valence-electron chi connectivity index (χ1n) is 13.6. The Morgan fingerprint density at radius 1 is 0.788 bits per heavy atom. The summed E-state index contributed by atoms with van der Waals surface area (Å²) in [6.45, 7) is 5.56. The summed E-state index contributed by atoms with van der Waals surface area (Å²) in [6.07, 6.45) is 20.1. The van der Waals surface area contributed by atoms with E-state index >= 15 is 0 Å². The highest BCUT2D eigenvalue weighted by Gasteiger charge is 2.17. The van der Waals surface area contributed by atoms with Crippen LogP contribution in [0, 0.1) is 0 Å². The molecule has 0 aliphatic heterocycles. The van der Waals surface area contributed by atoms with Gasteiger partial charge in [0.2, 0.25) is 0 Å². The van der Waals surface area contributed by atoms with Crippen molar-refractivity contribution in [3.63, 3.8) is 0 Å². The number of carbonyl (C=O) groups is 1. The summed E-state index contributed by atoms with van der Waals surface area (Å²) < 4.78 is 16.3. The van der Waals surface area contributed by atoms with Gasteiger partial charge >= 0.3 is 14.6 Å². The number of hydrogen-bond acceptors (Lipinski definition) is 6. The van der Waals surface area contributed by atoms with Gasteiger partial charge in [0.25, 0.3) is 0 Å². The van der Waals surface area contributed by atoms with Crippen molar-refractivity contribution < 1.29 is 23.5 Å². The second-order valence-electron chi connectivity index (χ2n) is 9.42. The predicted molar refractivity (Wildman–Crippen MR) is 139 cm³/mol. The Labute approximate surface area is 206 Å². The van der Waals surface area contributed by atoms with E-state index in [1.807, 2.05) is 25.9 Å². The highest BCUT2D eigenvalue weighted by atomic mass is 31.2. The average Bonchev–Trinajstić information content (AvgIpc) is 2.77. The summed E-state index contributed by atoms with van der Waals surface area (Å²) in [5.41, 5.74) is 0. The lowest BCUT2D eigenvalue weighted by Gasteiger charge is -2.20. The summed E-state index contributed by atoms with van der Waals surface area (Å²) in [6, 6.07) is 0. The van der Waals surface area contributed by atoms with E-state index in [0.717, 1.165) is 32.2 Å². The fraction of sp³-hybridized carbons (Fsp3) is 0.962. The molecule has 2 unspecified atom stereocenters. The molecule has 0 aromatic rings. The van der Waals surface area contributed by atoms with E-state index < -0.39 is 8.60 Å². The number of likely N-dealkylation sites (N-methyl/N-ethyl adjacent to an activating group) is 1. The molecule has 0 fully saturated rings. The van der Waals surface area contributed by atoms with Gasteiger partial charge in [0, 0.05) is 13.0 Å². The van der Waals surface area contributed by atoms with E-state index in [-0.39, 0.29) is 18.7 Å². The van der Waals surface area contributed by atoms with Gasteiger partial charge < -0.3 is 23.6 Å². The summed E-state index contributed by atoms with van der Waals surface area (Å²) in [7, 11) is 1.96. The Morgan fingerprint density at radius 2 is 1.30 bits per heavy atom. The number of unbranched alkanes of at least 4 members (excludes halogenated alkanes) is 13. The third-order valence-corrected chi connectivity index (χ3v) is 6.52. The number of nitrogens with zero attached hydrogens (tertiary/aromatic N) is 1. The van der Waals surface area contributed by atoms with Crippen molar-refractivity contribution in [2.24, 2.45) is 0 Å². The van der Waals surface area contributed by atoms with Crippen LogP contribution in [0.1, 0.15) is 123 Å². The van der Waals surface area contributed by atoms with Gasteiger partial charge in [-0.3, -0.25) is 4.79 Å². The van der Waals surface area contributed by atoms with Crippen LogP contribution in [0.4, 0.5) is 0 Å². The first-order chi connectivity index (χ1) is 16.0. The molecule has 7 heteroatoms. The van der Waals surface area contributed by atoms with Crippen LogP contribution < -0.4 is 0 Å². The summed E-state index contributed by atoms with van der Waals surface area (Å²) in [4.78, 5) is 23.8. The van der Waals surface area contributed by atoms with Crippen molar-refractivity contribution in [3.8, 4) is 0 Å². The molecule has 2 atom stereocenters. The third-order valence-electron chi connectivity index (χ3n) is 5.74. The van der Waals surface area contributed by atoms with E-state index in [2.05, 4.69) is 6.92 Å². The maximum Gasteiger partial charge on any atom is 0.330 e. The van der Waals surface area contributed by atoms with Crippen LogP contribution in [0.25, 0.3) is 0 Å². The Bertz CT molecular complexity index is 425. The van der Waals surface area contributed by atoms with Gasteiger partial charge in [-0.15, -0.1) is 0 Å². The van der Waals surface area contributed by atoms with Crippen molar-refractivity contribution in [2.75, 3.05) is 33.9 Å². The Kier molecular flexibility index (Phi) is 24.7. The lowest BCUT2D eigenvalue weighted by Crippen LogP contribution is -2.23. The molecule has 0 heterocycles. The quantitative estimate of drug-likeness (QED) is 0.0816. The average molecular weight is 492 g/mol. The van der Waals surface area contributed by atoms with Crippen molar-refractivity contribution in [1.29, 1.82) is 0 Å². The molecule has 0 aromatic carbocycles. The number of carbonyl (C=O) groups excluding carboxylic acids is 1. The maximum atomic E-state index is 11.9. The van der Waals surface area contributed by atoms with Gasteiger partial charge in [-0.2, -0.15) is 0 Å². The van der Waals surface area contributed by atoms with Crippen LogP contribution in [0.3, 0.4) is 0 Å². The molecule has 198 valence electrons. The van der Waals surface area contributed by atoms with Crippen LogP contribution >= 0.6 is 8.60 Å².